The maximum Gasteiger partial charge on any atom is 0.317 e. The number of amides is 2. The van der Waals surface area contributed by atoms with Crippen molar-refractivity contribution in [2.45, 2.75) is 26.0 Å². The van der Waals surface area contributed by atoms with Crippen LogP contribution in [0.5, 0.6) is 17.2 Å². The van der Waals surface area contributed by atoms with Crippen molar-refractivity contribution >= 4 is 6.03 Å². The van der Waals surface area contributed by atoms with Gasteiger partial charge in [-0.2, -0.15) is 0 Å². The minimum atomic E-state index is -0.879. The smallest absolute Gasteiger partial charge is 0.317 e. The van der Waals surface area contributed by atoms with Gasteiger partial charge in [0, 0.05) is 19.5 Å². The predicted molar refractivity (Wildman–Crippen MR) is 105 cm³/mol. The van der Waals surface area contributed by atoms with E-state index in [0.717, 1.165) is 17.7 Å². The molecule has 2 amide bonds. The van der Waals surface area contributed by atoms with Gasteiger partial charge in [-0.25, -0.2) is 4.79 Å². The van der Waals surface area contributed by atoms with Crippen molar-refractivity contribution in [2.24, 2.45) is 0 Å². The van der Waals surface area contributed by atoms with Crippen LogP contribution in [-0.2, 0) is 6.54 Å². The fourth-order valence-electron chi connectivity index (χ4n) is 3.01. The number of hydrogen-bond donors (Lipinski definition) is 3. The molecule has 7 heteroatoms. The van der Waals surface area contributed by atoms with Crippen LogP contribution in [-0.4, -0.2) is 47.4 Å². The number of benzene rings is 2. The Morgan fingerprint density at radius 2 is 1.96 bits per heavy atom. The third-order valence-electron chi connectivity index (χ3n) is 4.57. The highest BCUT2D eigenvalue weighted by molar-refractivity contribution is 5.74. The van der Waals surface area contributed by atoms with E-state index >= 15 is 0 Å². The van der Waals surface area contributed by atoms with Crippen LogP contribution in [0.25, 0.3) is 0 Å². The molecule has 0 fully saturated rings. The summed E-state index contributed by atoms with van der Waals surface area (Å²) in [6.45, 7) is 4.02. The van der Waals surface area contributed by atoms with Gasteiger partial charge in [-0.15, -0.1) is 0 Å². The van der Waals surface area contributed by atoms with Crippen molar-refractivity contribution in [3.63, 3.8) is 0 Å². The average Bonchev–Trinajstić information content (AvgIpc) is 2.95. The Kier molecular flexibility index (Phi) is 6.60. The fourth-order valence-corrected chi connectivity index (χ4v) is 3.01. The summed E-state index contributed by atoms with van der Waals surface area (Å²) in [6.07, 6.45) is -0.0379. The summed E-state index contributed by atoms with van der Waals surface area (Å²) in [5, 5.41) is 22.8. The third-order valence-corrected chi connectivity index (χ3v) is 4.57. The second-order valence-corrected chi connectivity index (χ2v) is 6.64. The van der Waals surface area contributed by atoms with Crippen molar-refractivity contribution in [3.05, 3.63) is 53.6 Å². The van der Waals surface area contributed by atoms with Gasteiger partial charge in [-0.05, 0) is 42.3 Å². The van der Waals surface area contributed by atoms with Gasteiger partial charge in [0.15, 0.2) is 11.5 Å². The number of carbonyl (C=O) groups is 1. The zero-order chi connectivity index (χ0) is 19.9. The summed E-state index contributed by atoms with van der Waals surface area (Å²) < 4.78 is 11.3. The van der Waals surface area contributed by atoms with Gasteiger partial charge in [0.1, 0.15) is 5.75 Å². The Morgan fingerprint density at radius 3 is 2.71 bits per heavy atom. The molecule has 0 spiro atoms. The summed E-state index contributed by atoms with van der Waals surface area (Å²) in [4.78, 5) is 14.0. The molecule has 1 aliphatic rings. The first-order chi connectivity index (χ1) is 13.6. The first kappa shape index (κ1) is 19.8. The van der Waals surface area contributed by atoms with Gasteiger partial charge in [0.05, 0.1) is 25.9 Å². The van der Waals surface area contributed by atoms with Crippen LogP contribution >= 0.6 is 0 Å². The lowest BCUT2D eigenvalue weighted by atomic mass is 10.1. The Bertz CT molecular complexity index is 811. The molecule has 0 aromatic heterocycles. The zero-order valence-electron chi connectivity index (χ0n) is 15.9. The van der Waals surface area contributed by atoms with E-state index < -0.39 is 6.10 Å². The number of aliphatic hydroxyl groups is 1. The molecule has 2 aromatic carbocycles. The van der Waals surface area contributed by atoms with Crippen molar-refractivity contribution < 1.29 is 24.5 Å². The topological polar surface area (TPSA) is 91.3 Å². The van der Waals surface area contributed by atoms with E-state index in [0.29, 0.717) is 37.6 Å². The molecule has 1 heterocycles. The summed E-state index contributed by atoms with van der Waals surface area (Å²) in [5.41, 5.74) is 1.47. The normalized spacial score (nSPS) is 14.1. The number of phenolic OH excluding ortho intramolecular Hbond substituents is 1. The number of ether oxygens (including phenoxy) is 2. The van der Waals surface area contributed by atoms with Gasteiger partial charge in [0.25, 0.3) is 0 Å². The quantitative estimate of drug-likeness (QED) is 0.710. The SMILES string of the molecule is CCN(C[C@@H](O)c1cccc(O)c1)C(=O)NCc1ccc2c(c1)OCCCO2. The van der Waals surface area contributed by atoms with Gasteiger partial charge in [-0.3, -0.25) is 0 Å². The minimum Gasteiger partial charge on any atom is -0.508 e. The molecule has 0 saturated carbocycles. The number of rotatable bonds is 6. The molecule has 0 bridgehead atoms. The molecule has 7 nitrogen and oxygen atoms in total. The number of hydrogen-bond acceptors (Lipinski definition) is 5. The lowest BCUT2D eigenvalue weighted by molar-refractivity contribution is 0.123. The van der Waals surface area contributed by atoms with Crippen LogP contribution in [0, 0.1) is 0 Å². The second-order valence-electron chi connectivity index (χ2n) is 6.64. The fraction of sp³-hybridized carbons (Fsp3) is 0.381. The van der Waals surface area contributed by atoms with Crippen LogP contribution in [0.2, 0.25) is 0 Å². The van der Waals surface area contributed by atoms with Crippen LogP contribution in [0.1, 0.15) is 30.6 Å². The molecule has 28 heavy (non-hydrogen) atoms. The van der Waals surface area contributed by atoms with E-state index in [1.807, 2.05) is 25.1 Å². The van der Waals surface area contributed by atoms with Crippen molar-refractivity contribution in [2.75, 3.05) is 26.3 Å². The number of carbonyl (C=O) groups excluding carboxylic acids is 1. The predicted octanol–water partition coefficient (Wildman–Crippen LogP) is 2.82. The summed E-state index contributed by atoms with van der Waals surface area (Å²) in [5.74, 6) is 1.49. The van der Waals surface area contributed by atoms with Gasteiger partial charge >= 0.3 is 6.03 Å². The number of fused-ring (bicyclic) bond motifs is 1. The van der Waals surface area contributed by atoms with E-state index in [1.54, 1.807) is 12.1 Å². The molecule has 1 aliphatic heterocycles. The molecular formula is C21H26N2O5. The average molecular weight is 386 g/mol. The van der Waals surface area contributed by atoms with E-state index in [4.69, 9.17) is 9.47 Å². The third kappa shape index (κ3) is 5.07. The van der Waals surface area contributed by atoms with Gasteiger partial charge in [0.2, 0.25) is 0 Å². The number of nitrogens with zero attached hydrogens (tertiary/aromatic N) is 1. The van der Waals surface area contributed by atoms with E-state index in [1.165, 1.54) is 17.0 Å². The highest BCUT2D eigenvalue weighted by Crippen LogP contribution is 2.30. The first-order valence-corrected chi connectivity index (χ1v) is 9.45. The maximum atomic E-state index is 12.5. The lowest BCUT2D eigenvalue weighted by Gasteiger charge is -2.24. The highest BCUT2D eigenvalue weighted by Gasteiger charge is 2.18. The Morgan fingerprint density at radius 1 is 1.18 bits per heavy atom. The van der Waals surface area contributed by atoms with Gasteiger partial charge in [-0.1, -0.05) is 18.2 Å². The van der Waals surface area contributed by atoms with Crippen molar-refractivity contribution in [3.8, 4) is 17.2 Å². The number of phenols is 1. The largest absolute Gasteiger partial charge is 0.508 e. The molecule has 3 rings (SSSR count). The first-order valence-electron chi connectivity index (χ1n) is 9.45. The number of aliphatic hydroxyl groups excluding tert-OH is 1. The molecular weight excluding hydrogens is 360 g/mol. The molecule has 1 atom stereocenters. The molecule has 0 unspecified atom stereocenters. The van der Waals surface area contributed by atoms with Crippen LogP contribution in [0.3, 0.4) is 0 Å². The van der Waals surface area contributed by atoms with Crippen molar-refractivity contribution in [1.82, 2.24) is 10.2 Å². The Hall–Kier alpha value is -2.93. The molecule has 0 radical (unpaired) electrons. The van der Waals surface area contributed by atoms with Gasteiger partial charge < -0.3 is 29.9 Å². The molecule has 3 N–H and O–H groups in total. The number of nitrogens with one attached hydrogen (secondary N) is 1. The van der Waals surface area contributed by atoms with Crippen LogP contribution in [0.15, 0.2) is 42.5 Å². The van der Waals surface area contributed by atoms with E-state index in [-0.39, 0.29) is 18.3 Å². The molecule has 150 valence electrons. The van der Waals surface area contributed by atoms with E-state index in [9.17, 15) is 15.0 Å². The number of likely N-dealkylation sites (N-methyl/N-ethyl adjacent to an activating group) is 1. The second kappa shape index (κ2) is 9.32. The monoisotopic (exact) mass is 386 g/mol. The van der Waals surface area contributed by atoms with Crippen LogP contribution < -0.4 is 14.8 Å². The standard InChI is InChI=1S/C21H26N2O5/c1-2-23(14-18(25)16-5-3-6-17(24)12-16)21(26)22-13-15-7-8-19-20(11-15)28-10-4-9-27-19/h3,5-8,11-12,18,24-25H,2,4,9-10,13-14H2,1H3,(H,22,26)/t18-/m1/s1. The number of urea groups is 1. The maximum absolute atomic E-state index is 12.5. The number of aromatic hydroxyl groups is 1. The Balaban J connectivity index is 1.57. The molecule has 0 saturated heterocycles. The van der Waals surface area contributed by atoms with E-state index in [2.05, 4.69) is 5.32 Å². The Labute approximate surface area is 164 Å². The zero-order valence-corrected chi connectivity index (χ0v) is 15.9. The summed E-state index contributed by atoms with van der Waals surface area (Å²) in [7, 11) is 0. The molecule has 2 aromatic rings. The highest BCUT2D eigenvalue weighted by atomic mass is 16.5. The molecule has 0 aliphatic carbocycles. The minimum absolute atomic E-state index is 0.0819. The summed E-state index contributed by atoms with van der Waals surface area (Å²) in [6, 6.07) is 11.8. The summed E-state index contributed by atoms with van der Waals surface area (Å²) >= 11 is 0. The lowest BCUT2D eigenvalue weighted by Crippen LogP contribution is -2.41. The van der Waals surface area contributed by atoms with Crippen LogP contribution in [0.4, 0.5) is 4.79 Å². The van der Waals surface area contributed by atoms with Crippen molar-refractivity contribution in [1.29, 1.82) is 0 Å².